The van der Waals surface area contributed by atoms with Crippen molar-refractivity contribution in [2.45, 2.75) is 64.3 Å². The van der Waals surface area contributed by atoms with Crippen LogP contribution in [-0.4, -0.2) is 60.5 Å². The second kappa shape index (κ2) is 12.4. The Kier molecular flexibility index (Phi) is 9.25. The number of nitrogens with one attached hydrogen (secondary N) is 3. The van der Waals surface area contributed by atoms with Gasteiger partial charge in [-0.1, -0.05) is 25.3 Å². The van der Waals surface area contributed by atoms with Gasteiger partial charge in [0.25, 0.3) is 0 Å². The normalized spacial score (nSPS) is 20.2. The minimum atomic E-state index is 0.263. The van der Waals surface area contributed by atoms with Crippen molar-refractivity contribution in [1.29, 1.82) is 0 Å². The van der Waals surface area contributed by atoms with Gasteiger partial charge >= 0.3 is 0 Å². The van der Waals surface area contributed by atoms with Gasteiger partial charge in [-0.2, -0.15) is 0 Å². The van der Waals surface area contributed by atoms with E-state index >= 15 is 0 Å². The number of likely N-dealkylation sites (tertiary alicyclic amines) is 1. The van der Waals surface area contributed by atoms with E-state index in [9.17, 15) is 4.79 Å². The quantitative estimate of drug-likeness (QED) is 0.329. The summed E-state index contributed by atoms with van der Waals surface area (Å²) in [6.07, 6.45) is 10.7. The first-order valence-electron chi connectivity index (χ1n) is 11.7. The highest BCUT2D eigenvalue weighted by Gasteiger charge is 2.31. The summed E-state index contributed by atoms with van der Waals surface area (Å²) in [5.74, 6) is 2.43. The molecular formula is C23H38N6O. The summed E-state index contributed by atoms with van der Waals surface area (Å²) in [5, 5.41) is 10.2. The molecule has 1 aromatic rings. The largest absolute Gasteiger partial charge is 0.370 e. The Morgan fingerprint density at radius 1 is 1.20 bits per heavy atom. The van der Waals surface area contributed by atoms with Crippen molar-refractivity contribution in [1.82, 2.24) is 20.5 Å². The Bertz CT molecular complexity index is 659. The van der Waals surface area contributed by atoms with Crippen molar-refractivity contribution >= 4 is 17.7 Å². The fourth-order valence-electron chi connectivity index (χ4n) is 4.31. The molecule has 0 aromatic carbocycles. The number of hydrogen-bond donors (Lipinski definition) is 3. The Hall–Kier alpha value is -2.31. The molecule has 7 nitrogen and oxygen atoms in total. The first-order valence-corrected chi connectivity index (χ1v) is 11.7. The van der Waals surface area contributed by atoms with E-state index < -0.39 is 0 Å². The van der Waals surface area contributed by atoms with Gasteiger partial charge in [0.05, 0.1) is 0 Å². The molecule has 2 fully saturated rings. The number of carbonyl (C=O) groups excluding carboxylic acids is 1. The predicted molar refractivity (Wildman–Crippen MR) is 123 cm³/mol. The van der Waals surface area contributed by atoms with Crippen LogP contribution >= 0.6 is 0 Å². The van der Waals surface area contributed by atoms with Crippen LogP contribution in [0.1, 0.15) is 58.3 Å². The van der Waals surface area contributed by atoms with E-state index in [0.29, 0.717) is 11.9 Å². The van der Waals surface area contributed by atoms with Gasteiger partial charge in [-0.3, -0.25) is 9.79 Å². The number of amides is 1. The van der Waals surface area contributed by atoms with Crippen molar-refractivity contribution < 1.29 is 4.79 Å². The van der Waals surface area contributed by atoms with Crippen LogP contribution in [-0.2, 0) is 4.79 Å². The Labute approximate surface area is 181 Å². The maximum atomic E-state index is 12.8. The number of aromatic nitrogens is 1. The first-order chi connectivity index (χ1) is 14.8. The summed E-state index contributed by atoms with van der Waals surface area (Å²) in [4.78, 5) is 23.8. The van der Waals surface area contributed by atoms with Crippen LogP contribution in [0.2, 0.25) is 0 Å². The Morgan fingerprint density at radius 3 is 2.83 bits per heavy atom. The lowest BCUT2D eigenvalue weighted by molar-refractivity contribution is -0.135. The van der Waals surface area contributed by atoms with E-state index in [2.05, 4.69) is 32.8 Å². The van der Waals surface area contributed by atoms with Gasteiger partial charge in [-0.05, 0) is 51.2 Å². The number of unbranched alkanes of at least 4 members (excludes halogenated alkanes) is 1. The molecule has 0 radical (unpaired) electrons. The second-order valence-corrected chi connectivity index (χ2v) is 8.36. The Balaban J connectivity index is 1.36. The summed E-state index contributed by atoms with van der Waals surface area (Å²) in [7, 11) is 0. The fourth-order valence-corrected chi connectivity index (χ4v) is 4.31. The molecule has 1 aromatic heterocycles. The number of anilines is 1. The van der Waals surface area contributed by atoms with Crippen LogP contribution in [0.15, 0.2) is 29.4 Å². The third-order valence-corrected chi connectivity index (χ3v) is 5.97. The number of carbonyl (C=O) groups is 1. The lowest BCUT2D eigenvalue weighted by Crippen LogP contribution is -2.45. The molecule has 1 unspecified atom stereocenters. The molecule has 1 amide bonds. The zero-order valence-corrected chi connectivity index (χ0v) is 18.4. The number of rotatable bonds is 9. The average Bonchev–Trinajstić information content (AvgIpc) is 3.25. The zero-order valence-electron chi connectivity index (χ0n) is 18.4. The molecule has 3 N–H and O–H groups in total. The highest BCUT2D eigenvalue weighted by molar-refractivity contribution is 5.81. The topological polar surface area (TPSA) is 81.7 Å². The molecule has 1 saturated heterocycles. The number of hydrogen-bond acceptors (Lipinski definition) is 4. The van der Waals surface area contributed by atoms with Gasteiger partial charge in [0.2, 0.25) is 5.91 Å². The molecule has 0 bridgehead atoms. The first kappa shape index (κ1) is 22.4. The van der Waals surface area contributed by atoms with Gasteiger partial charge in [-0.15, -0.1) is 0 Å². The van der Waals surface area contributed by atoms with Crippen LogP contribution in [0.4, 0.5) is 5.82 Å². The molecule has 1 atom stereocenters. The van der Waals surface area contributed by atoms with Crippen molar-refractivity contribution in [2.75, 3.05) is 38.0 Å². The predicted octanol–water partition coefficient (Wildman–Crippen LogP) is 3.01. The molecule has 7 heteroatoms. The summed E-state index contributed by atoms with van der Waals surface area (Å²) in [5.41, 5.74) is 0. The van der Waals surface area contributed by atoms with Crippen LogP contribution < -0.4 is 16.0 Å². The Morgan fingerprint density at radius 2 is 2.07 bits per heavy atom. The third-order valence-electron chi connectivity index (χ3n) is 5.97. The van der Waals surface area contributed by atoms with E-state index in [1.807, 2.05) is 18.2 Å². The lowest BCUT2D eigenvalue weighted by atomic mass is 9.88. The van der Waals surface area contributed by atoms with E-state index in [1.54, 1.807) is 6.20 Å². The SMILES string of the molecule is CCNC(=NCCCCNc1ccccn1)NC1CCN(C(=O)C2CCCCC2)C1. The zero-order chi connectivity index (χ0) is 21.0. The third kappa shape index (κ3) is 7.18. The van der Waals surface area contributed by atoms with Gasteiger partial charge in [-0.25, -0.2) is 4.98 Å². The summed E-state index contributed by atoms with van der Waals surface area (Å²) < 4.78 is 0. The van der Waals surface area contributed by atoms with Gasteiger partial charge in [0.15, 0.2) is 5.96 Å². The molecule has 166 valence electrons. The van der Waals surface area contributed by atoms with Crippen LogP contribution in [0, 0.1) is 5.92 Å². The van der Waals surface area contributed by atoms with E-state index in [1.165, 1.54) is 19.3 Å². The molecule has 2 heterocycles. The second-order valence-electron chi connectivity index (χ2n) is 8.36. The molecule has 1 aliphatic heterocycles. The molecule has 0 spiro atoms. The van der Waals surface area contributed by atoms with Gasteiger partial charge < -0.3 is 20.9 Å². The average molecular weight is 415 g/mol. The van der Waals surface area contributed by atoms with E-state index in [0.717, 1.165) is 76.6 Å². The monoisotopic (exact) mass is 414 g/mol. The van der Waals surface area contributed by atoms with Crippen molar-refractivity contribution in [3.05, 3.63) is 24.4 Å². The lowest BCUT2D eigenvalue weighted by Gasteiger charge is -2.26. The highest BCUT2D eigenvalue weighted by atomic mass is 16.2. The number of guanidine groups is 1. The smallest absolute Gasteiger partial charge is 0.225 e. The van der Waals surface area contributed by atoms with Crippen LogP contribution in [0.25, 0.3) is 0 Å². The summed E-state index contributed by atoms with van der Waals surface area (Å²) in [6.45, 7) is 6.28. The van der Waals surface area contributed by atoms with Crippen molar-refractivity contribution in [2.24, 2.45) is 10.9 Å². The molecular weight excluding hydrogens is 376 g/mol. The number of aliphatic imine (C=N–C) groups is 1. The molecule has 2 aliphatic rings. The molecule has 1 aliphatic carbocycles. The highest BCUT2D eigenvalue weighted by Crippen LogP contribution is 2.26. The minimum Gasteiger partial charge on any atom is -0.370 e. The van der Waals surface area contributed by atoms with E-state index in [-0.39, 0.29) is 5.92 Å². The van der Waals surface area contributed by atoms with E-state index in [4.69, 9.17) is 4.99 Å². The number of pyridine rings is 1. The van der Waals surface area contributed by atoms with Crippen molar-refractivity contribution in [3.63, 3.8) is 0 Å². The van der Waals surface area contributed by atoms with Gasteiger partial charge in [0, 0.05) is 50.9 Å². The van der Waals surface area contributed by atoms with Gasteiger partial charge in [0.1, 0.15) is 5.82 Å². The standard InChI is InChI=1S/C23H38N6O/c1-2-24-23(27-16-9-8-15-26-21-12-6-7-14-25-21)28-20-13-17-29(18-20)22(30)19-10-4-3-5-11-19/h6-7,12,14,19-20H,2-5,8-11,13,15-18H2,1H3,(H,25,26)(H2,24,27,28). The molecule has 3 rings (SSSR count). The summed E-state index contributed by atoms with van der Waals surface area (Å²) >= 11 is 0. The maximum Gasteiger partial charge on any atom is 0.225 e. The number of nitrogens with zero attached hydrogens (tertiary/aromatic N) is 3. The minimum absolute atomic E-state index is 0.263. The molecule has 1 saturated carbocycles. The van der Waals surface area contributed by atoms with Crippen molar-refractivity contribution in [3.8, 4) is 0 Å². The van der Waals surface area contributed by atoms with Crippen LogP contribution in [0.5, 0.6) is 0 Å². The summed E-state index contributed by atoms with van der Waals surface area (Å²) in [6, 6.07) is 6.18. The molecule has 30 heavy (non-hydrogen) atoms. The maximum absolute atomic E-state index is 12.8. The fraction of sp³-hybridized carbons (Fsp3) is 0.696. The van der Waals surface area contributed by atoms with Crippen LogP contribution in [0.3, 0.4) is 0 Å².